The number of halogens is 3. The van der Waals surface area contributed by atoms with Gasteiger partial charge in [0.05, 0.1) is 12.1 Å². The Kier molecular flexibility index (Phi) is 3.32. The van der Waals surface area contributed by atoms with E-state index in [0.717, 1.165) is 0 Å². The Morgan fingerprint density at radius 1 is 1.38 bits per heavy atom. The van der Waals surface area contributed by atoms with Crippen LogP contribution in [0.25, 0.3) is 0 Å². The van der Waals surface area contributed by atoms with Crippen molar-refractivity contribution >= 4 is 5.82 Å². The summed E-state index contributed by atoms with van der Waals surface area (Å²) in [5, 5.41) is 8.66. The third-order valence-electron chi connectivity index (χ3n) is 1.91. The normalized spacial score (nSPS) is 11.2. The fourth-order valence-electron chi connectivity index (χ4n) is 1.16. The third kappa shape index (κ3) is 3.08. The monoisotopic (exact) mass is 230 g/mol. The molecular formula is C9H9F3N4. The lowest BCUT2D eigenvalue weighted by atomic mass is 10.2. The van der Waals surface area contributed by atoms with Gasteiger partial charge in [0.25, 0.3) is 0 Å². The molecule has 0 bridgehead atoms. The Morgan fingerprint density at radius 2 is 2.00 bits per heavy atom. The molecule has 1 aromatic heterocycles. The van der Waals surface area contributed by atoms with E-state index in [1.807, 2.05) is 0 Å². The van der Waals surface area contributed by atoms with E-state index in [2.05, 4.69) is 9.97 Å². The zero-order valence-corrected chi connectivity index (χ0v) is 8.47. The maximum Gasteiger partial charge on any atom is 0.389 e. The van der Waals surface area contributed by atoms with Crippen LogP contribution in [0.5, 0.6) is 0 Å². The molecule has 7 heteroatoms. The minimum Gasteiger partial charge on any atom is -0.382 e. The van der Waals surface area contributed by atoms with Crippen LogP contribution < -0.4 is 5.73 Å². The van der Waals surface area contributed by atoms with E-state index >= 15 is 0 Å². The Bertz CT molecular complexity index is 410. The molecule has 0 aromatic carbocycles. The van der Waals surface area contributed by atoms with Crippen LogP contribution in [0.1, 0.15) is 23.5 Å². The van der Waals surface area contributed by atoms with Crippen molar-refractivity contribution in [3.63, 3.8) is 0 Å². The predicted octanol–water partition coefficient (Wildman–Crippen LogP) is 1.73. The Labute approximate surface area is 89.9 Å². The number of anilines is 1. The second-order valence-electron chi connectivity index (χ2n) is 3.21. The number of nitrogens with two attached hydrogens (primary N) is 1. The lowest BCUT2D eigenvalue weighted by Gasteiger charge is -2.07. The second-order valence-corrected chi connectivity index (χ2v) is 3.21. The number of hydrogen-bond donors (Lipinski definition) is 1. The largest absolute Gasteiger partial charge is 0.389 e. The van der Waals surface area contributed by atoms with Crippen molar-refractivity contribution in [3.05, 3.63) is 17.1 Å². The van der Waals surface area contributed by atoms with Crippen LogP contribution >= 0.6 is 0 Å². The van der Waals surface area contributed by atoms with Crippen LogP contribution in [0, 0.1) is 18.3 Å². The van der Waals surface area contributed by atoms with Gasteiger partial charge in [0.15, 0.2) is 0 Å². The van der Waals surface area contributed by atoms with Gasteiger partial charge in [0, 0.05) is 6.42 Å². The molecule has 0 saturated carbocycles. The maximum atomic E-state index is 11.9. The number of rotatable bonds is 2. The van der Waals surface area contributed by atoms with Gasteiger partial charge in [-0.05, 0) is 6.92 Å². The molecule has 0 unspecified atom stereocenters. The van der Waals surface area contributed by atoms with Gasteiger partial charge in [-0.3, -0.25) is 0 Å². The zero-order valence-electron chi connectivity index (χ0n) is 8.47. The van der Waals surface area contributed by atoms with Crippen molar-refractivity contribution < 1.29 is 13.2 Å². The van der Waals surface area contributed by atoms with E-state index in [1.165, 1.54) is 6.92 Å². The van der Waals surface area contributed by atoms with Gasteiger partial charge in [-0.1, -0.05) is 0 Å². The highest BCUT2D eigenvalue weighted by Crippen LogP contribution is 2.22. The Morgan fingerprint density at radius 3 is 2.44 bits per heavy atom. The molecule has 0 aliphatic rings. The van der Waals surface area contributed by atoms with Crippen molar-refractivity contribution in [1.29, 1.82) is 5.26 Å². The molecule has 0 atom stereocenters. The van der Waals surface area contributed by atoms with Crippen molar-refractivity contribution in [1.82, 2.24) is 9.97 Å². The van der Waals surface area contributed by atoms with Gasteiger partial charge in [-0.2, -0.15) is 18.4 Å². The van der Waals surface area contributed by atoms with Gasteiger partial charge in [-0.15, -0.1) is 0 Å². The molecular weight excluding hydrogens is 221 g/mol. The smallest absolute Gasteiger partial charge is 0.382 e. The number of alkyl halides is 3. The van der Waals surface area contributed by atoms with Gasteiger partial charge in [-0.25, -0.2) is 9.97 Å². The molecule has 0 saturated heterocycles. The fourth-order valence-corrected chi connectivity index (χ4v) is 1.16. The van der Waals surface area contributed by atoms with Crippen LogP contribution in [-0.2, 0) is 6.42 Å². The topological polar surface area (TPSA) is 75.6 Å². The first-order valence-electron chi connectivity index (χ1n) is 4.43. The highest BCUT2D eigenvalue weighted by Gasteiger charge is 2.27. The van der Waals surface area contributed by atoms with E-state index in [4.69, 9.17) is 11.0 Å². The molecule has 86 valence electrons. The van der Waals surface area contributed by atoms with Crippen LogP contribution in [0.3, 0.4) is 0 Å². The molecule has 0 amide bonds. The third-order valence-corrected chi connectivity index (χ3v) is 1.91. The second kappa shape index (κ2) is 4.35. The molecule has 4 nitrogen and oxygen atoms in total. The summed E-state index contributed by atoms with van der Waals surface area (Å²) in [5.74, 6) is -0.0708. The predicted molar refractivity (Wildman–Crippen MR) is 50.3 cm³/mol. The van der Waals surface area contributed by atoms with E-state index in [-0.39, 0.29) is 23.6 Å². The number of nitrogens with zero attached hydrogens (tertiary/aromatic N) is 3. The molecule has 16 heavy (non-hydrogen) atoms. The first-order chi connectivity index (χ1) is 7.33. The number of aromatic nitrogens is 2. The number of nitriles is 1. The minimum atomic E-state index is -4.25. The number of nitrogen functional groups attached to an aromatic ring is 1. The summed E-state index contributed by atoms with van der Waals surface area (Å²) in [6, 6.07) is 1.79. The van der Waals surface area contributed by atoms with Crippen LogP contribution in [0.4, 0.5) is 19.0 Å². The van der Waals surface area contributed by atoms with E-state index in [0.29, 0.717) is 5.69 Å². The molecule has 0 fully saturated rings. The summed E-state index contributed by atoms with van der Waals surface area (Å²) in [6.07, 6.45) is -5.59. The molecule has 1 rings (SSSR count). The molecule has 1 heterocycles. The fraction of sp³-hybridized carbons (Fsp3) is 0.444. The molecule has 2 N–H and O–H groups in total. The van der Waals surface area contributed by atoms with E-state index < -0.39 is 12.6 Å². The van der Waals surface area contributed by atoms with E-state index in [1.54, 1.807) is 6.07 Å². The first kappa shape index (κ1) is 12.2. The lowest BCUT2D eigenvalue weighted by Crippen LogP contribution is -2.12. The first-order valence-corrected chi connectivity index (χ1v) is 4.43. The summed E-state index contributed by atoms with van der Waals surface area (Å²) in [5.41, 5.74) is 5.82. The van der Waals surface area contributed by atoms with Gasteiger partial charge < -0.3 is 5.73 Å². The molecule has 0 spiro atoms. The standard InChI is InChI=1S/C9H9F3N4/c1-5-6(4-13)8(14)16-7(15-5)2-3-9(10,11)12/h2-3H2,1H3,(H2,14,15,16). The highest BCUT2D eigenvalue weighted by atomic mass is 19.4. The summed E-state index contributed by atoms with van der Waals surface area (Å²) in [7, 11) is 0. The molecule has 0 aliphatic heterocycles. The zero-order chi connectivity index (χ0) is 12.3. The van der Waals surface area contributed by atoms with Gasteiger partial charge in [0.1, 0.15) is 23.3 Å². The average molecular weight is 230 g/mol. The summed E-state index contributed by atoms with van der Waals surface area (Å²) < 4.78 is 35.8. The summed E-state index contributed by atoms with van der Waals surface area (Å²) >= 11 is 0. The van der Waals surface area contributed by atoms with Crippen LogP contribution in [0.2, 0.25) is 0 Å². The lowest BCUT2D eigenvalue weighted by molar-refractivity contribution is -0.134. The van der Waals surface area contributed by atoms with E-state index in [9.17, 15) is 13.2 Å². The molecule has 0 aliphatic carbocycles. The Hall–Kier alpha value is -1.84. The number of hydrogen-bond acceptors (Lipinski definition) is 4. The Balaban J connectivity index is 2.89. The quantitative estimate of drug-likeness (QED) is 0.839. The summed E-state index contributed by atoms with van der Waals surface area (Å²) in [6.45, 7) is 1.51. The van der Waals surface area contributed by atoms with Crippen molar-refractivity contribution in [2.24, 2.45) is 0 Å². The van der Waals surface area contributed by atoms with Gasteiger partial charge in [0.2, 0.25) is 0 Å². The molecule has 1 aromatic rings. The average Bonchev–Trinajstić information content (AvgIpc) is 2.13. The van der Waals surface area contributed by atoms with Crippen LogP contribution in [0.15, 0.2) is 0 Å². The van der Waals surface area contributed by atoms with Crippen molar-refractivity contribution in [2.75, 3.05) is 5.73 Å². The SMILES string of the molecule is Cc1nc(CCC(F)(F)F)nc(N)c1C#N. The van der Waals surface area contributed by atoms with Gasteiger partial charge >= 0.3 is 6.18 Å². The van der Waals surface area contributed by atoms with Crippen molar-refractivity contribution in [3.8, 4) is 6.07 Å². The summed E-state index contributed by atoms with van der Waals surface area (Å²) in [4.78, 5) is 7.45. The minimum absolute atomic E-state index is 0.00586. The number of aryl methyl sites for hydroxylation is 2. The highest BCUT2D eigenvalue weighted by molar-refractivity contribution is 5.50. The van der Waals surface area contributed by atoms with Crippen LogP contribution in [-0.4, -0.2) is 16.1 Å². The van der Waals surface area contributed by atoms with Crippen molar-refractivity contribution in [2.45, 2.75) is 25.9 Å². The maximum absolute atomic E-state index is 11.9. The molecule has 0 radical (unpaired) electrons.